The van der Waals surface area contributed by atoms with Crippen LogP contribution < -0.4 is 10.5 Å². The number of nitrogens with zero attached hydrogens (tertiary/aromatic N) is 5. The minimum absolute atomic E-state index is 0.0124. The summed E-state index contributed by atoms with van der Waals surface area (Å²) in [7, 11) is 1.80. The molecule has 3 heterocycles. The second kappa shape index (κ2) is 6.63. The smallest absolute Gasteiger partial charge is 0.322 e. The van der Waals surface area contributed by atoms with Gasteiger partial charge in [-0.15, -0.1) is 0 Å². The van der Waals surface area contributed by atoms with Crippen LogP contribution >= 0.6 is 0 Å². The molecule has 4 rings (SSSR count). The highest BCUT2D eigenvalue weighted by atomic mass is 19.1. The zero-order valence-corrected chi connectivity index (χ0v) is 15.1. The lowest BCUT2D eigenvalue weighted by Gasteiger charge is -2.07. The molecule has 0 aliphatic heterocycles. The number of rotatable bonds is 3. The summed E-state index contributed by atoms with van der Waals surface area (Å²) in [5.74, 6) is -0.278. The summed E-state index contributed by atoms with van der Waals surface area (Å²) in [5, 5.41) is 9.95. The first-order chi connectivity index (χ1) is 13.5. The third-order valence-electron chi connectivity index (χ3n) is 4.36. The summed E-state index contributed by atoms with van der Waals surface area (Å²) in [5.41, 5.74) is 9.08. The first kappa shape index (κ1) is 17.4. The molecule has 0 saturated heterocycles. The predicted molar refractivity (Wildman–Crippen MR) is 102 cm³/mol. The molecule has 0 atom stereocenters. The third-order valence-corrected chi connectivity index (χ3v) is 4.36. The van der Waals surface area contributed by atoms with Crippen molar-refractivity contribution in [2.75, 3.05) is 5.73 Å². The van der Waals surface area contributed by atoms with E-state index in [1.807, 2.05) is 0 Å². The van der Waals surface area contributed by atoms with Crippen molar-refractivity contribution in [1.82, 2.24) is 19.5 Å². The number of nitrogen functional groups attached to an aromatic ring is 1. The van der Waals surface area contributed by atoms with Crippen LogP contribution in [0.15, 0.2) is 42.9 Å². The van der Waals surface area contributed by atoms with Crippen LogP contribution in [0, 0.1) is 24.1 Å². The molecule has 0 spiro atoms. The molecule has 3 aromatic heterocycles. The Morgan fingerprint density at radius 1 is 1.25 bits per heavy atom. The Labute approximate surface area is 159 Å². The number of benzene rings is 1. The van der Waals surface area contributed by atoms with Crippen molar-refractivity contribution in [2.45, 2.75) is 6.92 Å². The first-order valence-corrected chi connectivity index (χ1v) is 8.39. The number of aryl methyl sites for hydroxylation is 2. The molecule has 28 heavy (non-hydrogen) atoms. The Bertz CT molecular complexity index is 1260. The van der Waals surface area contributed by atoms with Crippen molar-refractivity contribution in [2.24, 2.45) is 7.05 Å². The number of hydrogen-bond acceptors (Lipinski definition) is 6. The van der Waals surface area contributed by atoms with Crippen molar-refractivity contribution in [3.63, 3.8) is 0 Å². The Balaban J connectivity index is 1.79. The van der Waals surface area contributed by atoms with Gasteiger partial charge in [0.05, 0.1) is 16.5 Å². The Morgan fingerprint density at radius 3 is 2.79 bits per heavy atom. The summed E-state index contributed by atoms with van der Waals surface area (Å²) in [6.07, 6.45) is 4.77. The van der Waals surface area contributed by atoms with E-state index in [9.17, 15) is 9.65 Å². The van der Waals surface area contributed by atoms with Gasteiger partial charge in [0.2, 0.25) is 0 Å². The van der Waals surface area contributed by atoms with Gasteiger partial charge in [-0.25, -0.2) is 19.3 Å². The van der Waals surface area contributed by atoms with Gasteiger partial charge in [-0.1, -0.05) is 6.07 Å². The number of pyridine rings is 1. The van der Waals surface area contributed by atoms with E-state index in [4.69, 9.17) is 10.5 Å². The summed E-state index contributed by atoms with van der Waals surface area (Å²) >= 11 is 0. The van der Waals surface area contributed by atoms with E-state index in [-0.39, 0.29) is 17.6 Å². The second-order valence-corrected chi connectivity index (χ2v) is 6.27. The predicted octanol–water partition coefficient (Wildman–Crippen LogP) is 3.72. The molecule has 0 aliphatic rings. The SMILES string of the molecule is Cc1ccnc(Oc2ccc(-c3cn(C)c4c(C#N)cnc(N)c34)cc2F)n1. The molecule has 0 radical (unpaired) electrons. The van der Waals surface area contributed by atoms with Crippen LogP contribution in [0.25, 0.3) is 22.0 Å². The van der Waals surface area contributed by atoms with Crippen LogP contribution in [0.2, 0.25) is 0 Å². The minimum Gasteiger partial charge on any atom is -0.421 e. The van der Waals surface area contributed by atoms with E-state index in [1.54, 1.807) is 43.1 Å². The number of fused-ring (bicyclic) bond motifs is 1. The normalized spacial score (nSPS) is 10.8. The van der Waals surface area contributed by atoms with Crippen LogP contribution in [-0.2, 0) is 7.05 Å². The monoisotopic (exact) mass is 374 g/mol. The van der Waals surface area contributed by atoms with Crippen LogP contribution in [0.4, 0.5) is 10.2 Å². The van der Waals surface area contributed by atoms with E-state index in [2.05, 4.69) is 21.0 Å². The van der Waals surface area contributed by atoms with Gasteiger partial charge in [0, 0.05) is 36.9 Å². The summed E-state index contributed by atoms with van der Waals surface area (Å²) in [6.45, 7) is 1.79. The highest BCUT2D eigenvalue weighted by Crippen LogP contribution is 2.36. The molecule has 0 saturated carbocycles. The number of hydrogen-bond donors (Lipinski definition) is 1. The maximum atomic E-state index is 14.7. The highest BCUT2D eigenvalue weighted by Gasteiger charge is 2.17. The second-order valence-electron chi connectivity index (χ2n) is 6.27. The van der Waals surface area contributed by atoms with Gasteiger partial charge in [0.15, 0.2) is 11.6 Å². The Hall–Kier alpha value is -3.99. The summed E-state index contributed by atoms with van der Waals surface area (Å²) in [4.78, 5) is 12.2. The van der Waals surface area contributed by atoms with Crippen LogP contribution in [0.3, 0.4) is 0 Å². The zero-order chi connectivity index (χ0) is 19.8. The van der Waals surface area contributed by atoms with Crippen LogP contribution in [0.1, 0.15) is 11.3 Å². The van der Waals surface area contributed by atoms with Gasteiger partial charge < -0.3 is 15.0 Å². The number of nitriles is 1. The molecule has 4 aromatic rings. The minimum atomic E-state index is -0.567. The highest BCUT2D eigenvalue weighted by molar-refractivity contribution is 6.04. The molecule has 2 N–H and O–H groups in total. The first-order valence-electron chi connectivity index (χ1n) is 8.39. The molecular weight excluding hydrogens is 359 g/mol. The lowest BCUT2D eigenvalue weighted by molar-refractivity contribution is 0.410. The maximum Gasteiger partial charge on any atom is 0.322 e. The molecule has 0 fully saturated rings. The van der Waals surface area contributed by atoms with Crippen molar-refractivity contribution in [3.8, 4) is 29.0 Å². The Kier molecular flexibility index (Phi) is 4.12. The number of ether oxygens (including phenoxy) is 1. The van der Waals surface area contributed by atoms with Crippen LogP contribution in [0.5, 0.6) is 11.8 Å². The molecular formula is C20H15FN6O. The van der Waals surface area contributed by atoms with Gasteiger partial charge in [0.1, 0.15) is 11.9 Å². The molecule has 0 amide bonds. The maximum absolute atomic E-state index is 14.7. The molecule has 0 aliphatic carbocycles. The lowest BCUT2D eigenvalue weighted by atomic mass is 10.0. The molecule has 8 heteroatoms. The van der Waals surface area contributed by atoms with Crippen molar-refractivity contribution >= 4 is 16.7 Å². The van der Waals surface area contributed by atoms with Crippen molar-refractivity contribution in [3.05, 3.63) is 59.9 Å². The third kappa shape index (κ3) is 2.89. The van der Waals surface area contributed by atoms with Crippen LogP contribution in [-0.4, -0.2) is 19.5 Å². The van der Waals surface area contributed by atoms with Gasteiger partial charge in [0.25, 0.3) is 0 Å². The lowest BCUT2D eigenvalue weighted by Crippen LogP contribution is -1.96. The largest absolute Gasteiger partial charge is 0.421 e. The molecule has 1 aromatic carbocycles. The van der Waals surface area contributed by atoms with E-state index in [0.29, 0.717) is 33.3 Å². The summed E-state index contributed by atoms with van der Waals surface area (Å²) < 4.78 is 21.9. The topological polar surface area (TPSA) is 103 Å². The zero-order valence-electron chi connectivity index (χ0n) is 15.1. The number of aromatic nitrogens is 4. The average Bonchev–Trinajstić information content (AvgIpc) is 3.02. The van der Waals surface area contributed by atoms with Gasteiger partial charge in [-0.3, -0.25) is 0 Å². The molecule has 0 bridgehead atoms. The fraction of sp³-hybridized carbons (Fsp3) is 0.100. The molecule has 7 nitrogen and oxygen atoms in total. The standard InChI is InChI=1S/C20H15FN6O/c1-11-5-6-24-20(26-11)28-16-4-3-12(7-15(16)21)14-10-27(2)18-13(8-22)9-25-19(23)17(14)18/h3-7,9-10H,1-2H3,(H2,23,25). The van der Waals surface area contributed by atoms with Gasteiger partial charge >= 0.3 is 6.01 Å². The molecule has 138 valence electrons. The number of nitrogens with two attached hydrogens (primary N) is 1. The average molecular weight is 374 g/mol. The quantitative estimate of drug-likeness (QED) is 0.586. The number of halogens is 1. The Morgan fingerprint density at radius 2 is 2.07 bits per heavy atom. The van der Waals surface area contributed by atoms with E-state index >= 15 is 0 Å². The van der Waals surface area contributed by atoms with Crippen molar-refractivity contribution in [1.29, 1.82) is 5.26 Å². The van der Waals surface area contributed by atoms with Gasteiger partial charge in [-0.2, -0.15) is 5.26 Å². The fourth-order valence-electron chi connectivity index (χ4n) is 3.10. The fourth-order valence-corrected chi connectivity index (χ4v) is 3.10. The number of anilines is 1. The van der Waals surface area contributed by atoms with E-state index in [1.165, 1.54) is 18.3 Å². The van der Waals surface area contributed by atoms with E-state index in [0.717, 1.165) is 0 Å². The molecule has 0 unspecified atom stereocenters. The van der Waals surface area contributed by atoms with Gasteiger partial charge in [-0.05, 0) is 30.7 Å². The van der Waals surface area contributed by atoms with E-state index < -0.39 is 5.82 Å². The van der Waals surface area contributed by atoms with Crippen molar-refractivity contribution < 1.29 is 9.13 Å². The summed E-state index contributed by atoms with van der Waals surface area (Å²) in [6, 6.07) is 8.47.